The lowest BCUT2D eigenvalue weighted by Gasteiger charge is -2.49. The molecule has 1 amide bonds. The predicted molar refractivity (Wildman–Crippen MR) is 220 cm³/mol. The zero-order valence-electron chi connectivity index (χ0n) is 33.4. The molecule has 1 aliphatic carbocycles. The van der Waals surface area contributed by atoms with Gasteiger partial charge in [-0.2, -0.15) is 0 Å². The second kappa shape index (κ2) is 15.8. The van der Waals surface area contributed by atoms with Gasteiger partial charge in [0.15, 0.2) is 16.8 Å². The van der Waals surface area contributed by atoms with E-state index in [9.17, 15) is 45.3 Å². The molecule has 1 saturated carbocycles. The number of nitrogens with zero attached hydrogens (tertiary/aromatic N) is 1. The summed E-state index contributed by atoms with van der Waals surface area (Å²) in [6.45, 7) is 0.561. The molecular weight excluding hydrogens is 791 g/mol. The molecule has 0 bridgehead atoms. The lowest BCUT2D eigenvalue weighted by atomic mass is 9.68. The predicted octanol–water partition coefficient (Wildman–Crippen LogP) is 3.30. The van der Waals surface area contributed by atoms with Crippen LogP contribution >= 0.6 is 0 Å². The fourth-order valence-electron chi connectivity index (χ4n) is 9.80. The molecule has 322 valence electrons. The number of phenols is 2. The Balaban J connectivity index is 1.11. The third-order valence-corrected chi connectivity index (χ3v) is 13.0. The van der Waals surface area contributed by atoms with Gasteiger partial charge < -0.3 is 59.8 Å². The SMILES string of the molecule is Cc1cc(=O)c2cc3c(c(-n4cc5cc[nH]c5c4)c2o1)OC1(CCCC(C2CNC(=O)C2)C1)C(OOCC(O)(Cc1ccc(O)c2ccc(O)cc12)C(O)C(O)C(O)CO)C3. The zero-order valence-corrected chi connectivity index (χ0v) is 33.4. The van der Waals surface area contributed by atoms with Crippen LogP contribution in [0.1, 0.15) is 49.0 Å². The van der Waals surface area contributed by atoms with Gasteiger partial charge in [-0.05, 0) is 91.8 Å². The molecule has 6 aromatic rings. The van der Waals surface area contributed by atoms with Crippen molar-refractivity contribution >= 4 is 38.6 Å². The van der Waals surface area contributed by atoms with E-state index in [-0.39, 0.29) is 41.1 Å². The highest BCUT2D eigenvalue weighted by Gasteiger charge is 2.53. The van der Waals surface area contributed by atoms with Crippen molar-refractivity contribution in [1.29, 1.82) is 0 Å². The van der Waals surface area contributed by atoms with Crippen LogP contribution in [0.5, 0.6) is 17.2 Å². The van der Waals surface area contributed by atoms with E-state index in [2.05, 4.69) is 10.3 Å². The second-order valence-electron chi connectivity index (χ2n) is 17.1. The number of fused-ring (bicyclic) bond motifs is 4. The zero-order chi connectivity index (χ0) is 42.8. The number of hydrogen-bond acceptors (Lipinski definition) is 13. The molecule has 16 nitrogen and oxygen atoms in total. The first-order chi connectivity index (χ1) is 29.3. The van der Waals surface area contributed by atoms with Gasteiger partial charge in [0.2, 0.25) is 5.91 Å². The summed E-state index contributed by atoms with van der Waals surface area (Å²) in [4.78, 5) is 41.5. The van der Waals surface area contributed by atoms with Crippen LogP contribution in [0.4, 0.5) is 0 Å². The van der Waals surface area contributed by atoms with E-state index < -0.39 is 55.3 Å². The summed E-state index contributed by atoms with van der Waals surface area (Å²) in [5.74, 6) is 0.804. The van der Waals surface area contributed by atoms with Crippen molar-refractivity contribution in [2.45, 2.75) is 87.5 Å². The Morgan fingerprint density at radius 1 is 1.00 bits per heavy atom. The van der Waals surface area contributed by atoms with Gasteiger partial charge in [0.05, 0.1) is 17.5 Å². The molecule has 8 atom stereocenters. The number of phenolic OH excluding ortho intramolecular Hbond substituents is 2. The Kier molecular flexibility index (Phi) is 10.6. The number of ether oxygens (including phenoxy) is 1. The van der Waals surface area contributed by atoms with Gasteiger partial charge in [-0.25, -0.2) is 9.78 Å². The number of aromatic hydroxyl groups is 2. The molecule has 1 spiro atoms. The van der Waals surface area contributed by atoms with Crippen LogP contribution in [-0.2, 0) is 27.4 Å². The molecule has 9 N–H and O–H groups in total. The Labute approximate surface area is 348 Å². The van der Waals surface area contributed by atoms with E-state index in [1.807, 2.05) is 29.2 Å². The Hall–Kier alpha value is -5.46. The normalized spacial score (nSPS) is 24.1. The molecule has 3 aromatic heterocycles. The number of aromatic amines is 1. The van der Waals surface area contributed by atoms with Crippen molar-refractivity contribution in [1.82, 2.24) is 14.9 Å². The molecule has 2 fully saturated rings. The summed E-state index contributed by atoms with van der Waals surface area (Å²) in [5, 5.41) is 80.4. The van der Waals surface area contributed by atoms with Crippen molar-refractivity contribution in [3.63, 3.8) is 0 Å². The number of aryl methyl sites for hydroxylation is 1. The summed E-state index contributed by atoms with van der Waals surface area (Å²) < 4.78 is 15.4. The van der Waals surface area contributed by atoms with Crippen LogP contribution in [0.25, 0.3) is 38.3 Å². The third kappa shape index (κ3) is 7.41. The summed E-state index contributed by atoms with van der Waals surface area (Å²) >= 11 is 0. The number of rotatable bonds is 12. The minimum Gasteiger partial charge on any atom is -0.508 e. The topological polar surface area (TPSA) is 249 Å². The highest BCUT2D eigenvalue weighted by atomic mass is 17.2. The minimum absolute atomic E-state index is 0.0129. The van der Waals surface area contributed by atoms with Gasteiger partial charge in [0.1, 0.15) is 65.2 Å². The number of H-pyrrole nitrogens is 1. The summed E-state index contributed by atoms with van der Waals surface area (Å²) in [5.41, 5.74) is -0.980. The largest absolute Gasteiger partial charge is 0.508 e. The molecule has 0 radical (unpaired) electrons. The number of amides is 1. The molecule has 3 aromatic carbocycles. The number of nitrogens with one attached hydrogen (secondary N) is 2. The number of benzene rings is 3. The third-order valence-electron chi connectivity index (χ3n) is 13.0. The van der Waals surface area contributed by atoms with E-state index in [0.29, 0.717) is 75.9 Å². The monoisotopic (exact) mass is 839 g/mol. The highest BCUT2D eigenvalue weighted by molar-refractivity contribution is 5.92. The van der Waals surface area contributed by atoms with E-state index in [1.165, 1.54) is 36.4 Å². The standard InChI is InChI=1S/C45H49N3O13/c1-23-11-35(52)32-12-27-13-37(61-58-22-44(57,43(56)40(55)36(53)21-49)16-25-4-7-34(51)30-6-5-29(50)15-31(25)30)45(9-2-3-24(17-45)28-14-38(54)47-18-28)60-41(27)39(42(32)59-23)48-19-26-8-10-46-33(26)20-48/h4-8,10-12,15,19-20,24,28,36-37,40,43,46,49-51,53,55-57H,2-3,9,13-14,16-18,21-22H2,1H3,(H,47,54). The number of carbonyl (C=O) groups is 1. The lowest BCUT2D eigenvalue weighted by molar-refractivity contribution is -0.374. The van der Waals surface area contributed by atoms with Gasteiger partial charge >= 0.3 is 0 Å². The minimum atomic E-state index is -2.39. The smallest absolute Gasteiger partial charge is 0.220 e. The van der Waals surface area contributed by atoms with Crippen molar-refractivity contribution in [2.24, 2.45) is 11.8 Å². The van der Waals surface area contributed by atoms with Crippen molar-refractivity contribution in [2.75, 3.05) is 19.8 Å². The first kappa shape index (κ1) is 40.9. The molecule has 1 saturated heterocycles. The quantitative estimate of drug-likeness (QED) is 0.0635. The number of aliphatic hydroxyl groups excluding tert-OH is 4. The molecule has 16 heteroatoms. The fourth-order valence-corrected chi connectivity index (χ4v) is 9.80. The number of aromatic nitrogens is 2. The Morgan fingerprint density at radius 3 is 2.61 bits per heavy atom. The molecular formula is C45H49N3O13. The summed E-state index contributed by atoms with van der Waals surface area (Å²) in [6.07, 6.45) is 1.53. The van der Waals surface area contributed by atoms with E-state index in [1.54, 1.807) is 13.0 Å². The summed E-state index contributed by atoms with van der Waals surface area (Å²) in [6, 6.07) is 12.2. The number of aliphatic hydroxyl groups is 5. The molecule has 5 heterocycles. The molecule has 2 aliphatic heterocycles. The van der Waals surface area contributed by atoms with E-state index >= 15 is 0 Å². The number of hydrogen-bond donors (Lipinski definition) is 9. The number of carbonyl (C=O) groups excluding carboxylic acids is 1. The molecule has 61 heavy (non-hydrogen) atoms. The molecule has 9 rings (SSSR count). The van der Waals surface area contributed by atoms with Crippen LogP contribution in [0.3, 0.4) is 0 Å². The maximum Gasteiger partial charge on any atom is 0.220 e. The van der Waals surface area contributed by atoms with Crippen molar-refractivity contribution < 1.29 is 59.5 Å². The van der Waals surface area contributed by atoms with Crippen LogP contribution in [-0.4, -0.2) is 107 Å². The average molecular weight is 840 g/mol. The van der Waals surface area contributed by atoms with Crippen LogP contribution in [0.15, 0.2) is 76.3 Å². The first-order valence-electron chi connectivity index (χ1n) is 20.6. The van der Waals surface area contributed by atoms with Crippen LogP contribution in [0, 0.1) is 18.8 Å². The Bertz CT molecular complexity index is 2660. The fraction of sp³-hybridized carbons (Fsp3) is 0.422. The molecule has 8 unspecified atom stereocenters. The van der Waals surface area contributed by atoms with Gasteiger partial charge in [-0.3, -0.25) is 9.59 Å². The summed E-state index contributed by atoms with van der Waals surface area (Å²) in [7, 11) is 0. The van der Waals surface area contributed by atoms with E-state index in [4.69, 9.17) is 18.9 Å². The molecule has 3 aliphatic rings. The van der Waals surface area contributed by atoms with Crippen molar-refractivity contribution in [3.8, 4) is 22.9 Å². The van der Waals surface area contributed by atoms with E-state index in [0.717, 1.165) is 23.7 Å². The van der Waals surface area contributed by atoms with Gasteiger partial charge in [0, 0.05) is 66.8 Å². The average Bonchev–Trinajstić information content (AvgIpc) is 3.98. The Morgan fingerprint density at radius 2 is 1.84 bits per heavy atom. The van der Waals surface area contributed by atoms with Crippen LogP contribution in [0.2, 0.25) is 0 Å². The van der Waals surface area contributed by atoms with Crippen molar-refractivity contribution in [3.05, 3.63) is 94.2 Å². The first-order valence-corrected chi connectivity index (χ1v) is 20.6. The maximum atomic E-state index is 13.6. The van der Waals surface area contributed by atoms with Gasteiger partial charge in [-0.1, -0.05) is 6.07 Å². The van der Waals surface area contributed by atoms with Crippen LogP contribution < -0.4 is 15.5 Å². The second-order valence-corrected chi connectivity index (χ2v) is 17.1. The van der Waals surface area contributed by atoms with Gasteiger partial charge in [0.25, 0.3) is 0 Å². The maximum absolute atomic E-state index is 13.6. The highest BCUT2D eigenvalue weighted by Crippen LogP contribution is 2.51. The lowest BCUT2D eigenvalue weighted by Crippen LogP contribution is -2.58. The van der Waals surface area contributed by atoms with Gasteiger partial charge in [-0.15, -0.1) is 0 Å².